The molecular weight excluding hydrogens is 216 g/mol. The Bertz CT molecular complexity index is 377. The molecule has 0 saturated heterocycles. The van der Waals surface area contributed by atoms with Crippen LogP contribution < -0.4 is 0 Å². The number of hydrogen-bond donors (Lipinski definition) is 0. The van der Waals surface area contributed by atoms with Crippen LogP contribution in [-0.2, 0) is 16.1 Å². The van der Waals surface area contributed by atoms with Crippen molar-refractivity contribution in [1.29, 1.82) is 0 Å². The van der Waals surface area contributed by atoms with E-state index in [1.165, 1.54) is 7.11 Å². The quantitative estimate of drug-likeness (QED) is 0.731. The minimum Gasteiger partial charge on any atom is -0.468 e. The summed E-state index contributed by atoms with van der Waals surface area (Å²) in [5.41, 5.74) is 2.24. The summed E-state index contributed by atoms with van der Waals surface area (Å²) in [6, 6.07) is 2.37. The Morgan fingerprint density at radius 2 is 2.18 bits per heavy atom. The lowest BCUT2D eigenvalue weighted by molar-refractivity contribution is -0.142. The van der Waals surface area contributed by atoms with Gasteiger partial charge in [0, 0.05) is 25.0 Å². The van der Waals surface area contributed by atoms with Crippen LogP contribution in [-0.4, -0.2) is 35.5 Å². The normalized spacial score (nSPS) is 10.9. The molecule has 0 aliphatic heterocycles. The summed E-state index contributed by atoms with van der Waals surface area (Å²) in [4.78, 5) is 17.5. The molecule has 94 valence electrons. The third kappa shape index (κ3) is 4.53. The van der Waals surface area contributed by atoms with Crippen LogP contribution in [0.1, 0.15) is 25.0 Å². The number of carbonyl (C=O) groups is 1. The Balaban J connectivity index is 2.70. The summed E-state index contributed by atoms with van der Waals surface area (Å²) in [5, 5.41) is 0. The maximum Gasteiger partial charge on any atom is 0.319 e. The fourth-order valence-electron chi connectivity index (χ4n) is 1.59. The molecule has 0 bridgehead atoms. The lowest BCUT2D eigenvalue weighted by Crippen LogP contribution is -2.35. The second kappa shape index (κ2) is 6.35. The van der Waals surface area contributed by atoms with Crippen LogP contribution in [0.15, 0.2) is 18.5 Å². The molecule has 0 aliphatic rings. The Morgan fingerprint density at radius 3 is 2.71 bits per heavy atom. The van der Waals surface area contributed by atoms with Crippen molar-refractivity contribution in [2.45, 2.75) is 33.4 Å². The first-order valence-electron chi connectivity index (χ1n) is 5.74. The molecule has 0 N–H and O–H groups in total. The van der Waals surface area contributed by atoms with Gasteiger partial charge in [-0.25, -0.2) is 0 Å². The van der Waals surface area contributed by atoms with E-state index in [0.717, 1.165) is 11.1 Å². The molecule has 0 amide bonds. The van der Waals surface area contributed by atoms with Gasteiger partial charge in [0.15, 0.2) is 0 Å². The molecule has 1 aromatic heterocycles. The molecule has 4 heteroatoms. The fourth-order valence-corrected chi connectivity index (χ4v) is 1.59. The van der Waals surface area contributed by atoms with Gasteiger partial charge in [-0.15, -0.1) is 0 Å². The Labute approximate surface area is 103 Å². The highest BCUT2D eigenvalue weighted by atomic mass is 16.5. The smallest absolute Gasteiger partial charge is 0.319 e. The summed E-state index contributed by atoms with van der Waals surface area (Å²) < 4.78 is 4.70. The number of aryl methyl sites for hydroxylation is 1. The predicted octanol–water partition coefficient (Wildman–Crippen LogP) is 1.77. The van der Waals surface area contributed by atoms with Gasteiger partial charge in [-0.2, -0.15) is 0 Å². The van der Waals surface area contributed by atoms with Gasteiger partial charge in [0.2, 0.25) is 0 Å². The van der Waals surface area contributed by atoms with Crippen molar-refractivity contribution in [3.8, 4) is 0 Å². The van der Waals surface area contributed by atoms with Crippen molar-refractivity contribution in [3.05, 3.63) is 29.6 Å². The number of carbonyl (C=O) groups excluding carboxylic acids is 1. The molecule has 0 aromatic carbocycles. The van der Waals surface area contributed by atoms with Crippen molar-refractivity contribution in [2.24, 2.45) is 0 Å². The van der Waals surface area contributed by atoms with Crippen LogP contribution in [0.5, 0.6) is 0 Å². The zero-order valence-corrected chi connectivity index (χ0v) is 10.9. The van der Waals surface area contributed by atoms with E-state index >= 15 is 0 Å². The zero-order chi connectivity index (χ0) is 12.8. The van der Waals surface area contributed by atoms with Crippen LogP contribution in [0, 0.1) is 6.92 Å². The Morgan fingerprint density at radius 1 is 1.47 bits per heavy atom. The minimum absolute atomic E-state index is 0.209. The molecule has 0 unspecified atom stereocenters. The lowest BCUT2D eigenvalue weighted by Gasteiger charge is -2.25. The Hall–Kier alpha value is -1.42. The molecule has 1 heterocycles. The highest BCUT2D eigenvalue weighted by Crippen LogP contribution is 2.08. The van der Waals surface area contributed by atoms with Gasteiger partial charge < -0.3 is 4.74 Å². The van der Waals surface area contributed by atoms with E-state index in [4.69, 9.17) is 4.74 Å². The van der Waals surface area contributed by atoms with Gasteiger partial charge in [-0.1, -0.05) is 6.07 Å². The van der Waals surface area contributed by atoms with E-state index in [0.29, 0.717) is 13.1 Å². The summed E-state index contributed by atoms with van der Waals surface area (Å²) in [7, 11) is 1.41. The fraction of sp³-hybridized carbons (Fsp3) is 0.538. The second-order valence-corrected chi connectivity index (χ2v) is 4.45. The first-order chi connectivity index (χ1) is 8.02. The number of nitrogens with zero attached hydrogens (tertiary/aromatic N) is 2. The molecular formula is C13H20N2O2. The molecule has 4 nitrogen and oxygen atoms in total. The van der Waals surface area contributed by atoms with E-state index in [1.807, 2.05) is 19.3 Å². The van der Waals surface area contributed by atoms with Crippen LogP contribution in [0.25, 0.3) is 0 Å². The predicted molar refractivity (Wildman–Crippen MR) is 66.5 cm³/mol. The van der Waals surface area contributed by atoms with E-state index in [1.54, 1.807) is 0 Å². The van der Waals surface area contributed by atoms with Gasteiger partial charge in [-0.05, 0) is 31.9 Å². The number of aromatic nitrogens is 1. The van der Waals surface area contributed by atoms with E-state index in [9.17, 15) is 4.79 Å². The number of hydrogen-bond acceptors (Lipinski definition) is 4. The van der Waals surface area contributed by atoms with E-state index in [2.05, 4.69) is 29.8 Å². The standard InChI is InChI=1S/C13H20N2O2/c1-10(2)15(9-13(16)17-4)8-12-5-11(3)6-14-7-12/h5-7,10H,8-9H2,1-4H3. The van der Waals surface area contributed by atoms with Gasteiger partial charge in [0.1, 0.15) is 0 Å². The monoisotopic (exact) mass is 236 g/mol. The largest absolute Gasteiger partial charge is 0.468 e. The zero-order valence-electron chi connectivity index (χ0n) is 10.9. The number of methoxy groups -OCH3 is 1. The molecule has 0 fully saturated rings. The van der Waals surface area contributed by atoms with Crippen LogP contribution in [0.3, 0.4) is 0 Å². The number of pyridine rings is 1. The Kier molecular flexibility index (Phi) is 5.10. The van der Waals surface area contributed by atoms with Crippen molar-refractivity contribution < 1.29 is 9.53 Å². The van der Waals surface area contributed by atoms with Crippen LogP contribution in [0.4, 0.5) is 0 Å². The van der Waals surface area contributed by atoms with Crippen molar-refractivity contribution in [3.63, 3.8) is 0 Å². The van der Waals surface area contributed by atoms with Crippen molar-refractivity contribution >= 4 is 5.97 Å². The number of ether oxygens (including phenoxy) is 1. The first kappa shape index (κ1) is 13.6. The minimum atomic E-state index is -0.209. The molecule has 17 heavy (non-hydrogen) atoms. The van der Waals surface area contributed by atoms with E-state index in [-0.39, 0.29) is 12.0 Å². The van der Waals surface area contributed by atoms with Gasteiger partial charge in [-0.3, -0.25) is 14.7 Å². The van der Waals surface area contributed by atoms with Gasteiger partial charge in [0.05, 0.1) is 13.7 Å². The maximum absolute atomic E-state index is 11.3. The second-order valence-electron chi connectivity index (χ2n) is 4.45. The van der Waals surface area contributed by atoms with Crippen molar-refractivity contribution in [1.82, 2.24) is 9.88 Å². The molecule has 1 aromatic rings. The molecule has 0 aliphatic carbocycles. The topological polar surface area (TPSA) is 42.4 Å². The maximum atomic E-state index is 11.3. The lowest BCUT2D eigenvalue weighted by atomic mass is 10.2. The average Bonchev–Trinajstić information content (AvgIpc) is 2.27. The number of rotatable bonds is 5. The summed E-state index contributed by atoms with van der Waals surface area (Å²) in [6.45, 7) is 7.15. The molecule has 0 radical (unpaired) electrons. The molecule has 0 atom stereocenters. The third-order valence-corrected chi connectivity index (χ3v) is 2.61. The summed E-state index contributed by atoms with van der Waals surface area (Å²) >= 11 is 0. The van der Waals surface area contributed by atoms with E-state index < -0.39 is 0 Å². The van der Waals surface area contributed by atoms with Gasteiger partial charge in [0.25, 0.3) is 0 Å². The summed E-state index contributed by atoms with van der Waals surface area (Å²) in [6.07, 6.45) is 3.66. The highest BCUT2D eigenvalue weighted by Gasteiger charge is 2.14. The SMILES string of the molecule is COC(=O)CN(Cc1cncc(C)c1)C(C)C. The van der Waals surface area contributed by atoms with Gasteiger partial charge >= 0.3 is 5.97 Å². The molecule has 0 spiro atoms. The summed E-state index contributed by atoms with van der Waals surface area (Å²) in [5.74, 6) is -0.209. The number of esters is 1. The van der Waals surface area contributed by atoms with Crippen molar-refractivity contribution in [2.75, 3.05) is 13.7 Å². The molecule has 0 saturated carbocycles. The van der Waals surface area contributed by atoms with Crippen LogP contribution >= 0.6 is 0 Å². The third-order valence-electron chi connectivity index (χ3n) is 2.61. The highest BCUT2D eigenvalue weighted by molar-refractivity contribution is 5.71. The first-order valence-corrected chi connectivity index (χ1v) is 5.74. The van der Waals surface area contributed by atoms with Crippen LogP contribution in [0.2, 0.25) is 0 Å². The molecule has 1 rings (SSSR count). The average molecular weight is 236 g/mol.